The van der Waals surface area contributed by atoms with Crippen LogP contribution < -0.4 is 4.74 Å². The molecule has 0 aliphatic carbocycles. The molecule has 0 aromatic heterocycles. The maximum Gasteiger partial charge on any atom is 0.303 e. The molecule has 100 valence electrons. The molecule has 1 unspecified atom stereocenters. The van der Waals surface area contributed by atoms with Gasteiger partial charge in [0.15, 0.2) is 0 Å². The lowest BCUT2D eigenvalue weighted by Gasteiger charge is -2.06. The highest BCUT2D eigenvalue weighted by molar-refractivity contribution is 7.84. The number of hydrogen-bond donors (Lipinski definition) is 1. The van der Waals surface area contributed by atoms with Gasteiger partial charge in [-0.1, -0.05) is 12.1 Å². The van der Waals surface area contributed by atoms with Crippen molar-refractivity contribution < 1.29 is 18.8 Å². The highest BCUT2D eigenvalue weighted by Crippen LogP contribution is 2.12. The van der Waals surface area contributed by atoms with Crippen LogP contribution >= 0.6 is 0 Å². The van der Waals surface area contributed by atoms with Crippen molar-refractivity contribution in [3.05, 3.63) is 29.8 Å². The van der Waals surface area contributed by atoms with E-state index in [1.807, 2.05) is 31.2 Å². The van der Waals surface area contributed by atoms with Gasteiger partial charge in [-0.3, -0.25) is 9.00 Å². The summed E-state index contributed by atoms with van der Waals surface area (Å²) < 4.78 is 17.0. The summed E-state index contributed by atoms with van der Waals surface area (Å²) in [5, 5.41) is 8.45. The Kier molecular flexibility index (Phi) is 6.43. The molecule has 0 aliphatic heterocycles. The predicted octanol–water partition coefficient (Wildman–Crippen LogP) is 1.99. The van der Waals surface area contributed by atoms with Crippen LogP contribution in [0.5, 0.6) is 5.75 Å². The molecule has 1 rings (SSSR count). The molecule has 1 aromatic rings. The van der Waals surface area contributed by atoms with E-state index in [1.54, 1.807) is 0 Å². The molecule has 0 amide bonds. The zero-order valence-corrected chi connectivity index (χ0v) is 11.2. The number of aliphatic carboxylic acids is 1. The smallest absolute Gasteiger partial charge is 0.303 e. The summed E-state index contributed by atoms with van der Waals surface area (Å²) in [6.45, 7) is 2.38. The fourth-order valence-electron chi connectivity index (χ4n) is 1.44. The van der Waals surface area contributed by atoms with Crippen LogP contribution in [0, 0.1) is 6.92 Å². The molecule has 1 N–H and O–H groups in total. The van der Waals surface area contributed by atoms with Crippen LogP contribution in [0.2, 0.25) is 0 Å². The molecule has 1 atom stereocenters. The first-order valence-corrected chi connectivity index (χ1v) is 7.33. The monoisotopic (exact) mass is 270 g/mol. The first kappa shape index (κ1) is 14.7. The fraction of sp³-hybridized carbons (Fsp3) is 0.462. The maximum absolute atomic E-state index is 11.5. The average Bonchev–Trinajstić information content (AvgIpc) is 2.28. The fourth-order valence-corrected chi connectivity index (χ4v) is 2.38. The Hall–Kier alpha value is -1.36. The zero-order chi connectivity index (χ0) is 13.4. The Labute approximate surface area is 109 Å². The molecule has 0 fully saturated rings. The van der Waals surface area contributed by atoms with Crippen LogP contribution in [0.1, 0.15) is 18.4 Å². The van der Waals surface area contributed by atoms with E-state index in [4.69, 9.17) is 9.84 Å². The van der Waals surface area contributed by atoms with Crippen molar-refractivity contribution in [2.75, 3.05) is 18.1 Å². The Morgan fingerprint density at radius 2 is 2.17 bits per heavy atom. The van der Waals surface area contributed by atoms with Gasteiger partial charge >= 0.3 is 5.97 Å². The second-order valence-electron chi connectivity index (χ2n) is 4.01. The maximum atomic E-state index is 11.5. The van der Waals surface area contributed by atoms with Crippen molar-refractivity contribution >= 4 is 16.8 Å². The van der Waals surface area contributed by atoms with Crippen LogP contribution in [-0.2, 0) is 15.6 Å². The third-order valence-electron chi connectivity index (χ3n) is 2.33. The van der Waals surface area contributed by atoms with Gasteiger partial charge in [0.05, 0.1) is 12.4 Å². The molecule has 0 saturated carbocycles. The van der Waals surface area contributed by atoms with E-state index < -0.39 is 16.8 Å². The number of benzene rings is 1. The molecule has 5 heteroatoms. The Morgan fingerprint density at radius 3 is 2.83 bits per heavy atom. The van der Waals surface area contributed by atoms with Gasteiger partial charge in [-0.05, 0) is 31.0 Å². The highest BCUT2D eigenvalue weighted by atomic mass is 32.2. The van der Waals surface area contributed by atoms with E-state index in [9.17, 15) is 9.00 Å². The number of carboxylic acid groups (broad SMARTS) is 1. The molecule has 4 nitrogen and oxygen atoms in total. The number of carboxylic acids is 1. The summed E-state index contributed by atoms with van der Waals surface area (Å²) in [7, 11) is -1.00. The normalized spacial score (nSPS) is 12.1. The minimum absolute atomic E-state index is 0.0739. The van der Waals surface area contributed by atoms with Gasteiger partial charge in [-0.25, -0.2) is 0 Å². The lowest BCUT2D eigenvalue weighted by atomic mass is 10.2. The predicted molar refractivity (Wildman–Crippen MR) is 71.4 cm³/mol. The Bertz CT molecular complexity index is 417. The average molecular weight is 270 g/mol. The van der Waals surface area contributed by atoms with Crippen molar-refractivity contribution in [2.24, 2.45) is 0 Å². The van der Waals surface area contributed by atoms with Gasteiger partial charge < -0.3 is 9.84 Å². The van der Waals surface area contributed by atoms with Gasteiger partial charge in [0, 0.05) is 23.0 Å². The second-order valence-corrected chi connectivity index (χ2v) is 5.71. The van der Waals surface area contributed by atoms with Gasteiger partial charge in [0.2, 0.25) is 0 Å². The third-order valence-corrected chi connectivity index (χ3v) is 3.70. The zero-order valence-electron chi connectivity index (χ0n) is 10.4. The van der Waals surface area contributed by atoms with Crippen LogP contribution in [0.3, 0.4) is 0 Å². The third kappa shape index (κ3) is 6.39. The lowest BCUT2D eigenvalue weighted by Crippen LogP contribution is -2.12. The number of carbonyl (C=O) groups is 1. The van der Waals surface area contributed by atoms with Crippen LogP contribution in [-0.4, -0.2) is 33.4 Å². The summed E-state index contributed by atoms with van der Waals surface area (Å²) >= 11 is 0. The molecule has 18 heavy (non-hydrogen) atoms. The van der Waals surface area contributed by atoms with Crippen LogP contribution in [0.25, 0.3) is 0 Å². The summed E-state index contributed by atoms with van der Waals surface area (Å²) in [4.78, 5) is 10.3. The second kappa shape index (κ2) is 7.87. The first-order chi connectivity index (χ1) is 8.58. The van der Waals surface area contributed by atoms with Gasteiger partial charge in [-0.2, -0.15) is 0 Å². The molecule has 0 spiro atoms. The van der Waals surface area contributed by atoms with Crippen molar-refractivity contribution in [1.29, 1.82) is 0 Å². The van der Waals surface area contributed by atoms with Gasteiger partial charge in [0.1, 0.15) is 5.75 Å². The summed E-state index contributed by atoms with van der Waals surface area (Å²) in [5.74, 6) is 0.789. The van der Waals surface area contributed by atoms with E-state index in [2.05, 4.69) is 0 Å². The molecular formula is C13H18O4S. The molecule has 0 radical (unpaired) electrons. The largest absolute Gasteiger partial charge is 0.493 e. The quantitative estimate of drug-likeness (QED) is 0.784. The van der Waals surface area contributed by atoms with E-state index >= 15 is 0 Å². The van der Waals surface area contributed by atoms with Gasteiger partial charge in [0.25, 0.3) is 0 Å². The standard InChI is InChI=1S/C13H18O4S/c1-11-4-2-5-12(10-11)17-7-9-18(16)8-3-6-13(14)15/h2,4-5,10H,3,6-9H2,1H3,(H,14,15). The minimum Gasteiger partial charge on any atom is -0.493 e. The van der Waals surface area contributed by atoms with Crippen molar-refractivity contribution in [1.82, 2.24) is 0 Å². The van der Waals surface area contributed by atoms with Crippen LogP contribution in [0.4, 0.5) is 0 Å². The molecule has 0 aliphatic rings. The first-order valence-electron chi connectivity index (χ1n) is 5.84. The number of aryl methyl sites for hydroxylation is 1. The Balaban J connectivity index is 2.17. The highest BCUT2D eigenvalue weighted by Gasteiger charge is 2.03. The Morgan fingerprint density at radius 1 is 1.39 bits per heavy atom. The SMILES string of the molecule is Cc1cccc(OCCS(=O)CCCC(=O)O)c1. The number of hydrogen-bond acceptors (Lipinski definition) is 3. The van der Waals surface area contributed by atoms with E-state index in [0.29, 0.717) is 24.5 Å². The van der Waals surface area contributed by atoms with E-state index in [-0.39, 0.29) is 6.42 Å². The summed E-state index contributed by atoms with van der Waals surface area (Å²) in [6.07, 6.45) is 0.525. The molecule has 0 heterocycles. The summed E-state index contributed by atoms with van der Waals surface area (Å²) in [5.41, 5.74) is 1.12. The minimum atomic E-state index is -1.00. The molecule has 0 saturated heterocycles. The lowest BCUT2D eigenvalue weighted by molar-refractivity contribution is -0.137. The van der Waals surface area contributed by atoms with E-state index in [1.165, 1.54) is 0 Å². The van der Waals surface area contributed by atoms with E-state index in [0.717, 1.165) is 11.3 Å². The molecular weight excluding hydrogens is 252 g/mol. The van der Waals surface area contributed by atoms with Crippen molar-refractivity contribution in [3.8, 4) is 5.75 Å². The molecule has 0 bridgehead atoms. The molecule has 1 aromatic carbocycles. The van der Waals surface area contributed by atoms with Crippen molar-refractivity contribution in [2.45, 2.75) is 19.8 Å². The van der Waals surface area contributed by atoms with Crippen molar-refractivity contribution in [3.63, 3.8) is 0 Å². The van der Waals surface area contributed by atoms with Gasteiger partial charge in [-0.15, -0.1) is 0 Å². The summed E-state index contributed by atoms with van der Waals surface area (Å²) in [6, 6.07) is 7.68. The number of ether oxygens (including phenoxy) is 1. The number of rotatable bonds is 8. The van der Waals surface area contributed by atoms with Crippen LogP contribution in [0.15, 0.2) is 24.3 Å². The topological polar surface area (TPSA) is 63.6 Å².